The molecule has 0 aliphatic carbocycles. The molecule has 1 aromatic carbocycles. The molecule has 1 heterocycles. The van der Waals surface area contributed by atoms with Crippen LogP contribution < -0.4 is 4.57 Å². The SMILES string of the molecule is Fc1ccc[n+](-c2c[c]c(Cl)[c]c2)c1. The van der Waals surface area contributed by atoms with Crippen molar-refractivity contribution < 1.29 is 8.96 Å². The summed E-state index contributed by atoms with van der Waals surface area (Å²) in [5.74, 6) is -0.289. The van der Waals surface area contributed by atoms with E-state index in [0.717, 1.165) is 5.69 Å². The number of hydrogen-bond donors (Lipinski definition) is 0. The van der Waals surface area contributed by atoms with E-state index < -0.39 is 0 Å². The standard InChI is InChI=1S/C11H6ClFN/c12-9-3-5-11(6-4-9)14-7-1-2-10(13)8-14/h1-2,5-8H/q+1. The van der Waals surface area contributed by atoms with E-state index in [-0.39, 0.29) is 5.82 Å². The fourth-order valence-electron chi connectivity index (χ4n) is 1.11. The van der Waals surface area contributed by atoms with Crippen LogP contribution in [0.2, 0.25) is 5.02 Å². The van der Waals surface area contributed by atoms with Crippen LogP contribution in [0.1, 0.15) is 0 Å². The van der Waals surface area contributed by atoms with Crippen molar-refractivity contribution in [3.8, 4) is 5.69 Å². The van der Waals surface area contributed by atoms with Crippen LogP contribution in [0.4, 0.5) is 4.39 Å². The lowest BCUT2D eigenvalue weighted by Gasteiger charge is -1.94. The molecule has 3 heteroatoms. The third kappa shape index (κ3) is 1.91. The van der Waals surface area contributed by atoms with Gasteiger partial charge in [0.15, 0.2) is 12.0 Å². The molecule has 0 atom stereocenters. The number of pyridine rings is 1. The second-order valence-electron chi connectivity index (χ2n) is 2.75. The van der Waals surface area contributed by atoms with E-state index >= 15 is 0 Å². The molecular formula is C11H6ClFN+. The predicted molar refractivity (Wildman–Crippen MR) is 50.6 cm³/mol. The third-order valence-corrected chi connectivity index (χ3v) is 1.97. The number of benzene rings is 1. The zero-order chi connectivity index (χ0) is 9.97. The summed E-state index contributed by atoms with van der Waals surface area (Å²) in [6, 6.07) is 11.9. The van der Waals surface area contributed by atoms with Crippen molar-refractivity contribution >= 4 is 11.6 Å². The Bertz CT molecular complexity index is 439. The van der Waals surface area contributed by atoms with Crippen molar-refractivity contribution in [3.05, 3.63) is 59.6 Å². The Morgan fingerprint density at radius 1 is 1.29 bits per heavy atom. The van der Waals surface area contributed by atoms with Gasteiger partial charge >= 0.3 is 0 Å². The Balaban J connectivity index is 2.44. The maximum Gasteiger partial charge on any atom is 0.212 e. The molecule has 14 heavy (non-hydrogen) atoms. The van der Waals surface area contributed by atoms with Crippen molar-refractivity contribution in [2.45, 2.75) is 0 Å². The van der Waals surface area contributed by atoms with Gasteiger partial charge in [-0.2, -0.15) is 4.57 Å². The Hall–Kier alpha value is -1.41. The molecule has 0 saturated carbocycles. The van der Waals surface area contributed by atoms with Gasteiger partial charge in [0.2, 0.25) is 11.9 Å². The number of hydrogen-bond acceptors (Lipinski definition) is 0. The van der Waals surface area contributed by atoms with Crippen LogP contribution >= 0.6 is 11.6 Å². The smallest absolute Gasteiger partial charge is 0.200 e. The summed E-state index contributed by atoms with van der Waals surface area (Å²) < 4.78 is 14.5. The number of aromatic nitrogens is 1. The zero-order valence-electron chi connectivity index (χ0n) is 7.17. The van der Waals surface area contributed by atoms with Crippen molar-refractivity contribution in [3.63, 3.8) is 0 Å². The summed E-state index contributed by atoms with van der Waals surface area (Å²) in [5.41, 5.74) is 0.772. The first kappa shape index (κ1) is 9.16. The molecular weight excluding hydrogens is 201 g/mol. The lowest BCUT2D eigenvalue weighted by atomic mass is 10.3. The van der Waals surface area contributed by atoms with Crippen LogP contribution in [0.25, 0.3) is 5.69 Å². The fraction of sp³-hybridized carbons (Fsp3) is 0. The first-order valence-electron chi connectivity index (χ1n) is 4.02. The predicted octanol–water partition coefficient (Wildman–Crippen LogP) is 2.36. The Kier molecular flexibility index (Phi) is 2.46. The first-order valence-corrected chi connectivity index (χ1v) is 4.39. The lowest BCUT2D eigenvalue weighted by molar-refractivity contribution is -0.597. The third-order valence-electron chi connectivity index (χ3n) is 1.76. The second-order valence-corrected chi connectivity index (χ2v) is 3.12. The highest BCUT2D eigenvalue weighted by molar-refractivity contribution is 6.30. The molecule has 0 N–H and O–H groups in total. The van der Waals surface area contributed by atoms with Gasteiger partial charge in [-0.1, -0.05) is 11.6 Å². The molecule has 0 amide bonds. The summed E-state index contributed by atoms with van der Waals surface area (Å²) in [5, 5.41) is 0.422. The largest absolute Gasteiger partial charge is 0.212 e. The zero-order valence-corrected chi connectivity index (χ0v) is 7.92. The summed E-state index contributed by atoms with van der Waals surface area (Å²) in [6.07, 6.45) is 3.12. The molecule has 1 aromatic heterocycles. The van der Waals surface area contributed by atoms with Gasteiger partial charge in [-0.3, -0.25) is 0 Å². The number of halogens is 2. The van der Waals surface area contributed by atoms with Crippen LogP contribution in [-0.4, -0.2) is 0 Å². The van der Waals surface area contributed by atoms with E-state index in [0.29, 0.717) is 5.02 Å². The molecule has 0 saturated heterocycles. The van der Waals surface area contributed by atoms with Gasteiger partial charge in [-0.25, -0.2) is 4.39 Å². The highest BCUT2D eigenvalue weighted by Crippen LogP contribution is 2.07. The minimum atomic E-state index is -0.289. The molecule has 2 aromatic rings. The molecule has 0 aliphatic rings. The van der Waals surface area contributed by atoms with Gasteiger partial charge in [0, 0.05) is 30.3 Å². The minimum absolute atomic E-state index is 0.289. The molecule has 0 bridgehead atoms. The Morgan fingerprint density at radius 2 is 2.00 bits per heavy atom. The topological polar surface area (TPSA) is 3.88 Å². The van der Waals surface area contributed by atoms with E-state index in [1.165, 1.54) is 12.3 Å². The van der Waals surface area contributed by atoms with Crippen molar-refractivity contribution in [1.29, 1.82) is 0 Å². The highest BCUT2D eigenvalue weighted by Gasteiger charge is 2.06. The van der Waals surface area contributed by atoms with E-state index in [1.807, 2.05) is 0 Å². The minimum Gasteiger partial charge on any atom is -0.200 e. The molecule has 0 aliphatic heterocycles. The summed E-state index contributed by atoms with van der Waals surface area (Å²) in [6.45, 7) is 0. The van der Waals surface area contributed by atoms with Crippen molar-refractivity contribution in [2.75, 3.05) is 0 Å². The van der Waals surface area contributed by atoms with Gasteiger partial charge in [-0.05, 0) is 6.07 Å². The molecule has 0 unspecified atom stereocenters. The second kappa shape index (κ2) is 3.76. The van der Waals surface area contributed by atoms with E-state index in [2.05, 4.69) is 12.1 Å². The molecule has 0 fully saturated rings. The monoisotopic (exact) mass is 206 g/mol. The molecule has 2 radical (unpaired) electrons. The van der Waals surface area contributed by atoms with Gasteiger partial charge in [0.25, 0.3) is 0 Å². The molecule has 0 spiro atoms. The summed E-state index contributed by atoms with van der Waals surface area (Å²) >= 11 is 5.64. The average molecular weight is 207 g/mol. The number of nitrogens with zero attached hydrogens (tertiary/aromatic N) is 1. The quantitative estimate of drug-likeness (QED) is 0.631. The van der Waals surface area contributed by atoms with Crippen molar-refractivity contribution in [1.82, 2.24) is 0 Å². The molecule has 68 valence electrons. The van der Waals surface area contributed by atoms with Crippen LogP contribution in [0.3, 0.4) is 0 Å². The summed E-state index contributed by atoms with van der Waals surface area (Å²) in [4.78, 5) is 0. The van der Waals surface area contributed by atoms with Gasteiger partial charge in [0.1, 0.15) is 0 Å². The van der Waals surface area contributed by atoms with Crippen LogP contribution in [0.5, 0.6) is 0 Å². The Labute approximate surface area is 86.4 Å². The van der Waals surface area contributed by atoms with Gasteiger partial charge < -0.3 is 0 Å². The highest BCUT2D eigenvalue weighted by atomic mass is 35.5. The van der Waals surface area contributed by atoms with Crippen LogP contribution in [0.15, 0.2) is 36.7 Å². The maximum atomic E-state index is 12.9. The van der Waals surface area contributed by atoms with Crippen LogP contribution in [0, 0.1) is 17.9 Å². The number of rotatable bonds is 1. The van der Waals surface area contributed by atoms with Gasteiger partial charge in [-0.15, -0.1) is 0 Å². The average Bonchev–Trinajstić information content (AvgIpc) is 2.19. The first-order chi connectivity index (χ1) is 6.75. The van der Waals surface area contributed by atoms with E-state index in [9.17, 15) is 4.39 Å². The Morgan fingerprint density at radius 3 is 2.64 bits per heavy atom. The van der Waals surface area contributed by atoms with Crippen LogP contribution in [-0.2, 0) is 0 Å². The van der Waals surface area contributed by atoms with Crippen molar-refractivity contribution in [2.24, 2.45) is 0 Å². The van der Waals surface area contributed by atoms with Gasteiger partial charge in [0.05, 0.1) is 5.02 Å². The fourth-order valence-corrected chi connectivity index (χ4v) is 1.22. The molecule has 2 rings (SSSR count). The maximum absolute atomic E-state index is 12.9. The van der Waals surface area contributed by atoms with E-state index in [4.69, 9.17) is 11.6 Å². The lowest BCUT2D eigenvalue weighted by Crippen LogP contribution is -2.29. The summed E-state index contributed by atoms with van der Waals surface area (Å²) in [7, 11) is 0. The normalized spacial score (nSPS) is 10.1. The van der Waals surface area contributed by atoms with E-state index in [1.54, 1.807) is 29.0 Å². The molecule has 1 nitrogen and oxygen atoms in total.